The second-order valence-corrected chi connectivity index (χ2v) is 6.83. The van der Waals surface area contributed by atoms with Gasteiger partial charge in [-0.3, -0.25) is 19.8 Å². The average Bonchev–Trinajstić information content (AvgIpc) is 2.95. The zero-order valence-corrected chi connectivity index (χ0v) is 13.8. The van der Waals surface area contributed by atoms with E-state index in [1.54, 1.807) is 37.5 Å². The number of pyridine rings is 1. The van der Waals surface area contributed by atoms with Crippen LogP contribution in [0.15, 0.2) is 59.8 Å². The number of sulfonamides is 1. The molecule has 3 aromatic rings. The summed E-state index contributed by atoms with van der Waals surface area (Å²) >= 11 is 0. The molecule has 0 aliphatic carbocycles. The van der Waals surface area contributed by atoms with Crippen LogP contribution in [-0.4, -0.2) is 28.1 Å². The number of aryl methyl sites for hydroxylation is 1. The van der Waals surface area contributed by atoms with E-state index < -0.39 is 14.9 Å². The SMILES string of the molecule is Cc1cc(NS(=O)(=O)c2ccc([N+](=O)[O-])cc2)n(-c2ccncc2)n1. The molecular weight excluding hydrogens is 346 g/mol. The van der Waals surface area contributed by atoms with Crippen LogP contribution in [0.1, 0.15) is 5.69 Å². The van der Waals surface area contributed by atoms with E-state index in [4.69, 9.17) is 0 Å². The van der Waals surface area contributed by atoms with Crippen LogP contribution in [0.4, 0.5) is 11.5 Å². The number of nitrogens with zero attached hydrogens (tertiary/aromatic N) is 4. The Bertz CT molecular complexity index is 1010. The van der Waals surface area contributed by atoms with Gasteiger partial charge < -0.3 is 0 Å². The van der Waals surface area contributed by atoms with Crippen molar-refractivity contribution < 1.29 is 13.3 Å². The van der Waals surface area contributed by atoms with Gasteiger partial charge in [-0.15, -0.1) is 0 Å². The van der Waals surface area contributed by atoms with Crippen LogP contribution in [0.5, 0.6) is 0 Å². The molecule has 0 bridgehead atoms. The lowest BCUT2D eigenvalue weighted by atomic mass is 10.3. The second-order valence-electron chi connectivity index (χ2n) is 5.14. The summed E-state index contributed by atoms with van der Waals surface area (Å²) < 4.78 is 29.0. The quantitative estimate of drug-likeness (QED) is 0.551. The largest absolute Gasteiger partial charge is 0.269 e. The van der Waals surface area contributed by atoms with Gasteiger partial charge in [0.05, 0.1) is 21.2 Å². The van der Waals surface area contributed by atoms with Gasteiger partial charge in [-0.25, -0.2) is 13.1 Å². The van der Waals surface area contributed by atoms with E-state index in [1.807, 2.05) is 0 Å². The van der Waals surface area contributed by atoms with Crippen molar-refractivity contribution >= 4 is 21.5 Å². The van der Waals surface area contributed by atoms with Crippen molar-refractivity contribution in [2.45, 2.75) is 11.8 Å². The Balaban J connectivity index is 1.95. The lowest BCUT2D eigenvalue weighted by Crippen LogP contribution is -2.16. The van der Waals surface area contributed by atoms with Crippen molar-refractivity contribution in [3.8, 4) is 5.69 Å². The third-order valence-corrected chi connectivity index (χ3v) is 4.71. The van der Waals surface area contributed by atoms with Crippen molar-refractivity contribution in [2.75, 3.05) is 4.72 Å². The highest BCUT2D eigenvalue weighted by atomic mass is 32.2. The summed E-state index contributed by atoms with van der Waals surface area (Å²) in [5, 5.41) is 14.9. The van der Waals surface area contributed by atoms with E-state index in [0.717, 1.165) is 12.1 Å². The molecule has 0 saturated carbocycles. The molecule has 0 radical (unpaired) electrons. The van der Waals surface area contributed by atoms with Gasteiger partial charge in [-0.05, 0) is 31.2 Å². The zero-order valence-electron chi connectivity index (χ0n) is 13.0. The standard InChI is InChI=1S/C15H13N5O4S/c1-11-10-15(19(17-11)12-6-8-16-9-7-12)18-25(23,24)14-4-2-13(3-5-14)20(21)22/h2-10,18H,1H3. The number of hydrogen-bond donors (Lipinski definition) is 1. The molecule has 0 spiro atoms. The minimum absolute atomic E-state index is 0.0850. The molecule has 128 valence electrons. The van der Waals surface area contributed by atoms with Gasteiger partial charge in [0.15, 0.2) is 0 Å². The van der Waals surface area contributed by atoms with Gasteiger partial charge in [0.2, 0.25) is 0 Å². The smallest absolute Gasteiger partial charge is 0.265 e. The first kappa shape index (κ1) is 16.6. The highest BCUT2D eigenvalue weighted by Gasteiger charge is 2.19. The molecule has 9 nitrogen and oxygen atoms in total. The predicted octanol–water partition coefficient (Wildman–Crippen LogP) is 2.28. The number of hydrogen-bond acceptors (Lipinski definition) is 6. The van der Waals surface area contributed by atoms with E-state index in [-0.39, 0.29) is 16.4 Å². The van der Waals surface area contributed by atoms with Gasteiger partial charge in [0.1, 0.15) is 5.82 Å². The molecule has 0 atom stereocenters. The number of aromatic nitrogens is 3. The Kier molecular flexibility index (Phi) is 4.19. The Morgan fingerprint density at radius 1 is 1.12 bits per heavy atom. The van der Waals surface area contributed by atoms with Crippen LogP contribution in [0.3, 0.4) is 0 Å². The summed E-state index contributed by atoms with van der Waals surface area (Å²) in [5.41, 5.74) is 1.08. The number of rotatable bonds is 5. The number of anilines is 1. The summed E-state index contributed by atoms with van der Waals surface area (Å²) in [4.78, 5) is 13.9. The van der Waals surface area contributed by atoms with Crippen molar-refractivity contribution in [2.24, 2.45) is 0 Å². The highest BCUT2D eigenvalue weighted by molar-refractivity contribution is 7.92. The fraction of sp³-hybridized carbons (Fsp3) is 0.0667. The molecule has 0 saturated heterocycles. The maximum absolute atomic E-state index is 12.5. The molecule has 25 heavy (non-hydrogen) atoms. The maximum atomic E-state index is 12.5. The van der Waals surface area contributed by atoms with Gasteiger partial charge in [-0.1, -0.05) is 0 Å². The zero-order chi connectivity index (χ0) is 18.0. The average molecular weight is 359 g/mol. The minimum atomic E-state index is -3.92. The summed E-state index contributed by atoms with van der Waals surface area (Å²) in [5.74, 6) is 0.252. The maximum Gasteiger partial charge on any atom is 0.269 e. The van der Waals surface area contributed by atoms with E-state index >= 15 is 0 Å². The van der Waals surface area contributed by atoms with Crippen molar-refractivity contribution in [1.29, 1.82) is 0 Å². The molecule has 0 unspecified atom stereocenters. The number of nitro groups is 1. The van der Waals surface area contributed by atoms with Crippen LogP contribution in [-0.2, 0) is 10.0 Å². The summed E-state index contributed by atoms with van der Waals surface area (Å²) in [7, 11) is -3.92. The monoisotopic (exact) mass is 359 g/mol. The predicted molar refractivity (Wildman–Crippen MR) is 90.0 cm³/mol. The van der Waals surface area contributed by atoms with E-state index in [9.17, 15) is 18.5 Å². The lowest BCUT2D eigenvalue weighted by molar-refractivity contribution is -0.384. The van der Waals surface area contributed by atoms with E-state index in [1.165, 1.54) is 16.8 Å². The first-order valence-electron chi connectivity index (χ1n) is 7.11. The lowest BCUT2D eigenvalue weighted by Gasteiger charge is -2.10. The van der Waals surface area contributed by atoms with Gasteiger partial charge >= 0.3 is 0 Å². The highest BCUT2D eigenvalue weighted by Crippen LogP contribution is 2.22. The van der Waals surface area contributed by atoms with Gasteiger partial charge in [0, 0.05) is 30.6 Å². The fourth-order valence-corrected chi connectivity index (χ4v) is 3.23. The summed E-state index contributed by atoms with van der Waals surface area (Å²) in [6, 6.07) is 9.61. The normalized spacial score (nSPS) is 11.2. The molecule has 3 rings (SSSR count). The molecule has 0 amide bonds. The molecule has 1 aromatic carbocycles. The third kappa shape index (κ3) is 3.48. The van der Waals surface area contributed by atoms with Crippen molar-refractivity contribution in [1.82, 2.24) is 14.8 Å². The van der Waals surface area contributed by atoms with Gasteiger partial charge in [0.25, 0.3) is 15.7 Å². The molecule has 10 heteroatoms. The molecule has 2 aromatic heterocycles. The first-order chi connectivity index (χ1) is 11.9. The minimum Gasteiger partial charge on any atom is -0.265 e. The van der Waals surface area contributed by atoms with Crippen molar-refractivity contribution in [3.63, 3.8) is 0 Å². The Hall–Kier alpha value is -3.27. The first-order valence-corrected chi connectivity index (χ1v) is 8.59. The van der Waals surface area contributed by atoms with Crippen LogP contribution < -0.4 is 4.72 Å². The molecule has 0 aliphatic heterocycles. The molecular formula is C15H13N5O4S. The summed E-state index contributed by atoms with van der Waals surface area (Å²) in [6.45, 7) is 1.74. The van der Waals surface area contributed by atoms with E-state index in [0.29, 0.717) is 11.4 Å². The third-order valence-electron chi connectivity index (χ3n) is 3.34. The van der Waals surface area contributed by atoms with Crippen molar-refractivity contribution in [3.05, 3.63) is 70.7 Å². The van der Waals surface area contributed by atoms with Crippen LogP contribution in [0, 0.1) is 17.0 Å². The number of benzene rings is 1. The van der Waals surface area contributed by atoms with E-state index in [2.05, 4.69) is 14.8 Å². The Morgan fingerprint density at radius 3 is 2.36 bits per heavy atom. The molecule has 2 heterocycles. The van der Waals surface area contributed by atoms with Crippen LogP contribution >= 0.6 is 0 Å². The fourth-order valence-electron chi connectivity index (χ4n) is 2.20. The van der Waals surface area contributed by atoms with Crippen LogP contribution in [0.25, 0.3) is 5.69 Å². The molecule has 0 aliphatic rings. The topological polar surface area (TPSA) is 120 Å². The number of nitrogens with one attached hydrogen (secondary N) is 1. The van der Waals surface area contributed by atoms with Gasteiger partial charge in [-0.2, -0.15) is 5.10 Å². The number of non-ortho nitro benzene ring substituents is 1. The van der Waals surface area contributed by atoms with Crippen LogP contribution in [0.2, 0.25) is 0 Å². The number of nitro benzene ring substituents is 1. The Morgan fingerprint density at radius 2 is 1.76 bits per heavy atom. The second kappa shape index (κ2) is 6.32. The Labute approximate surface area is 143 Å². The molecule has 0 fully saturated rings. The summed E-state index contributed by atoms with van der Waals surface area (Å²) in [6.07, 6.45) is 3.14. The molecule has 1 N–H and O–H groups in total.